The Balaban J connectivity index is 1.39. The lowest BCUT2D eigenvalue weighted by atomic mass is 10.1. The largest absolute Gasteiger partial charge is 0.497 e. The molecule has 0 fully saturated rings. The number of hydrogen-bond acceptors (Lipinski definition) is 7. The summed E-state index contributed by atoms with van der Waals surface area (Å²) >= 11 is 2.87. The van der Waals surface area contributed by atoms with E-state index in [1.54, 1.807) is 38.3 Å². The van der Waals surface area contributed by atoms with Gasteiger partial charge in [0.2, 0.25) is 5.91 Å². The smallest absolute Gasteiger partial charge is 0.341 e. The summed E-state index contributed by atoms with van der Waals surface area (Å²) in [6.07, 6.45) is 4.90. The molecule has 43 heavy (non-hydrogen) atoms. The molecular formula is C34H34N2O5S2. The van der Waals surface area contributed by atoms with Crippen LogP contribution in [-0.4, -0.2) is 31.5 Å². The van der Waals surface area contributed by atoms with Crippen LogP contribution < -0.4 is 15.4 Å². The molecule has 0 radical (unpaired) electrons. The first-order valence-corrected chi connectivity index (χ1v) is 16.1. The van der Waals surface area contributed by atoms with Gasteiger partial charge in [-0.3, -0.25) is 9.59 Å². The van der Waals surface area contributed by atoms with Gasteiger partial charge in [0.05, 0.1) is 19.3 Å². The molecule has 1 heterocycles. The molecule has 0 bridgehead atoms. The van der Waals surface area contributed by atoms with Gasteiger partial charge in [0.25, 0.3) is 5.91 Å². The Kier molecular flexibility index (Phi) is 10.2. The lowest BCUT2D eigenvalue weighted by molar-refractivity contribution is -0.115. The first kappa shape index (κ1) is 30.4. The Labute approximate surface area is 260 Å². The number of anilines is 2. The molecule has 1 atom stereocenters. The summed E-state index contributed by atoms with van der Waals surface area (Å²) in [5.41, 5.74) is 3.46. The van der Waals surface area contributed by atoms with Crippen molar-refractivity contribution in [2.45, 2.75) is 49.2 Å². The van der Waals surface area contributed by atoms with Crippen LogP contribution in [-0.2, 0) is 22.4 Å². The number of carbonyl (C=O) groups is 3. The number of ether oxygens (including phenoxy) is 2. The van der Waals surface area contributed by atoms with Crippen LogP contribution in [0.4, 0.5) is 10.7 Å². The number of nitrogens with one attached hydrogen (secondary N) is 2. The Hall–Kier alpha value is -4.08. The minimum Gasteiger partial charge on any atom is -0.497 e. The van der Waals surface area contributed by atoms with Crippen molar-refractivity contribution in [3.8, 4) is 5.75 Å². The molecule has 222 valence electrons. The van der Waals surface area contributed by atoms with Gasteiger partial charge in [0.1, 0.15) is 16.0 Å². The molecule has 9 heteroatoms. The van der Waals surface area contributed by atoms with Gasteiger partial charge in [0.15, 0.2) is 0 Å². The monoisotopic (exact) mass is 614 g/mol. The highest BCUT2D eigenvalue weighted by molar-refractivity contribution is 8.00. The molecule has 5 rings (SSSR count). The molecule has 0 aliphatic heterocycles. The maximum Gasteiger partial charge on any atom is 0.341 e. The third-order valence-electron chi connectivity index (χ3n) is 7.18. The van der Waals surface area contributed by atoms with E-state index in [1.165, 1.54) is 23.1 Å². The third kappa shape index (κ3) is 7.47. The van der Waals surface area contributed by atoms with Crippen LogP contribution in [0, 0.1) is 0 Å². The van der Waals surface area contributed by atoms with Crippen molar-refractivity contribution in [1.82, 2.24) is 0 Å². The van der Waals surface area contributed by atoms with Crippen molar-refractivity contribution < 1.29 is 23.9 Å². The maximum atomic E-state index is 14.0. The van der Waals surface area contributed by atoms with Crippen LogP contribution in [0.2, 0.25) is 0 Å². The normalized spacial score (nSPS) is 13.3. The fourth-order valence-electron chi connectivity index (χ4n) is 5.06. The molecule has 3 aromatic carbocycles. The molecule has 0 spiro atoms. The van der Waals surface area contributed by atoms with E-state index in [9.17, 15) is 14.4 Å². The highest BCUT2D eigenvalue weighted by Gasteiger charge is 2.29. The SMILES string of the molecule is CCOC(=O)c1c(NC(=O)C(Sc2cccc(NC(=O)c3ccc(OC)cc3)c2)c2ccccc2)sc2c1CCCCC2. The second kappa shape index (κ2) is 14.4. The van der Waals surface area contributed by atoms with Gasteiger partial charge in [0, 0.05) is 21.0 Å². The van der Waals surface area contributed by atoms with Crippen molar-refractivity contribution in [2.24, 2.45) is 0 Å². The standard InChI is InChI=1S/C34H34N2O5S2/c1-3-41-34(39)29-27-15-8-5-9-16-28(27)43-33(29)36-32(38)30(22-11-6-4-7-12-22)42-26-14-10-13-24(21-26)35-31(37)23-17-19-25(40-2)20-18-23/h4,6-7,10-14,17-21,30H,3,5,8-9,15-16H2,1-2H3,(H,35,37)(H,36,38). The number of benzene rings is 3. The third-order valence-corrected chi connectivity index (χ3v) is 9.63. The number of methoxy groups -OCH3 is 1. The lowest BCUT2D eigenvalue weighted by Crippen LogP contribution is -2.20. The van der Waals surface area contributed by atoms with Crippen molar-refractivity contribution in [2.75, 3.05) is 24.4 Å². The van der Waals surface area contributed by atoms with E-state index in [0.717, 1.165) is 53.0 Å². The van der Waals surface area contributed by atoms with E-state index in [2.05, 4.69) is 10.6 Å². The zero-order chi connectivity index (χ0) is 30.2. The fourth-order valence-corrected chi connectivity index (χ4v) is 7.42. The molecule has 4 aromatic rings. The van der Waals surface area contributed by atoms with E-state index < -0.39 is 5.25 Å². The topological polar surface area (TPSA) is 93.7 Å². The lowest BCUT2D eigenvalue weighted by Gasteiger charge is -2.18. The second-order valence-electron chi connectivity index (χ2n) is 10.1. The zero-order valence-corrected chi connectivity index (χ0v) is 25.8. The minimum absolute atomic E-state index is 0.231. The van der Waals surface area contributed by atoms with Gasteiger partial charge in [-0.25, -0.2) is 4.79 Å². The van der Waals surface area contributed by atoms with E-state index >= 15 is 0 Å². The number of fused-ring (bicyclic) bond motifs is 1. The molecule has 2 amide bonds. The molecule has 0 saturated carbocycles. The Morgan fingerprint density at radius 1 is 0.907 bits per heavy atom. The predicted molar refractivity (Wildman–Crippen MR) is 173 cm³/mol. The van der Waals surface area contributed by atoms with Crippen molar-refractivity contribution in [3.05, 3.63) is 106 Å². The molecule has 1 aliphatic carbocycles. The zero-order valence-electron chi connectivity index (χ0n) is 24.2. The summed E-state index contributed by atoms with van der Waals surface area (Å²) in [6, 6.07) is 23.9. The molecule has 0 saturated heterocycles. The molecular weight excluding hydrogens is 581 g/mol. The Morgan fingerprint density at radius 2 is 1.67 bits per heavy atom. The van der Waals surface area contributed by atoms with E-state index in [1.807, 2.05) is 54.6 Å². The highest BCUT2D eigenvalue weighted by atomic mass is 32.2. The number of esters is 1. The van der Waals surface area contributed by atoms with E-state index in [-0.39, 0.29) is 24.4 Å². The second-order valence-corrected chi connectivity index (χ2v) is 12.4. The first-order valence-electron chi connectivity index (χ1n) is 14.4. The molecule has 2 N–H and O–H groups in total. The summed E-state index contributed by atoms with van der Waals surface area (Å²) in [7, 11) is 1.58. The van der Waals surface area contributed by atoms with Gasteiger partial charge in [-0.05, 0) is 86.2 Å². The number of thioether (sulfide) groups is 1. The predicted octanol–water partition coefficient (Wildman–Crippen LogP) is 7.93. The number of thiophene rings is 1. The maximum absolute atomic E-state index is 14.0. The van der Waals surface area contributed by atoms with E-state index in [0.29, 0.717) is 27.6 Å². The number of carbonyl (C=O) groups excluding carboxylic acids is 3. The van der Waals surface area contributed by atoms with Gasteiger partial charge in [-0.2, -0.15) is 0 Å². The summed E-state index contributed by atoms with van der Waals surface area (Å²) in [6.45, 7) is 2.06. The van der Waals surface area contributed by atoms with Crippen LogP contribution in [0.5, 0.6) is 5.75 Å². The quantitative estimate of drug-likeness (QED) is 0.107. The summed E-state index contributed by atoms with van der Waals surface area (Å²) in [5, 5.41) is 5.99. The molecule has 1 unspecified atom stereocenters. The summed E-state index contributed by atoms with van der Waals surface area (Å²) in [5.74, 6) is -0.189. The Morgan fingerprint density at radius 3 is 2.42 bits per heavy atom. The number of amides is 2. The van der Waals surface area contributed by atoms with Gasteiger partial charge >= 0.3 is 5.97 Å². The van der Waals surface area contributed by atoms with Crippen LogP contribution in [0.3, 0.4) is 0 Å². The van der Waals surface area contributed by atoms with Crippen molar-refractivity contribution in [1.29, 1.82) is 0 Å². The highest BCUT2D eigenvalue weighted by Crippen LogP contribution is 2.41. The molecule has 1 aromatic heterocycles. The minimum atomic E-state index is -0.606. The van der Waals surface area contributed by atoms with E-state index in [4.69, 9.17) is 9.47 Å². The van der Waals surface area contributed by atoms with Crippen molar-refractivity contribution in [3.63, 3.8) is 0 Å². The summed E-state index contributed by atoms with van der Waals surface area (Å²) in [4.78, 5) is 41.9. The van der Waals surface area contributed by atoms with Crippen LogP contribution >= 0.6 is 23.1 Å². The Bertz CT molecular complexity index is 1580. The molecule has 7 nitrogen and oxygen atoms in total. The summed E-state index contributed by atoms with van der Waals surface area (Å²) < 4.78 is 10.6. The first-order chi connectivity index (χ1) is 21.0. The average molecular weight is 615 g/mol. The average Bonchev–Trinajstić information content (AvgIpc) is 3.20. The molecule has 1 aliphatic rings. The van der Waals surface area contributed by atoms with Crippen LogP contribution in [0.15, 0.2) is 83.8 Å². The van der Waals surface area contributed by atoms with Crippen molar-refractivity contribution >= 4 is 51.6 Å². The van der Waals surface area contributed by atoms with Gasteiger partial charge in [-0.15, -0.1) is 23.1 Å². The van der Waals surface area contributed by atoms with Crippen LogP contribution in [0.1, 0.15) is 68.2 Å². The van der Waals surface area contributed by atoms with Crippen LogP contribution in [0.25, 0.3) is 0 Å². The number of aryl methyl sites for hydroxylation is 1. The van der Waals surface area contributed by atoms with Gasteiger partial charge in [-0.1, -0.05) is 42.8 Å². The number of hydrogen-bond donors (Lipinski definition) is 2. The van der Waals surface area contributed by atoms with Gasteiger partial charge < -0.3 is 20.1 Å². The fraction of sp³-hybridized carbons (Fsp3) is 0.265. The number of rotatable bonds is 10.